The van der Waals surface area contributed by atoms with Crippen LogP contribution in [0.4, 0.5) is 10.3 Å². The number of aromatic nitrogens is 4. The quantitative estimate of drug-likeness (QED) is 0.292. The summed E-state index contributed by atoms with van der Waals surface area (Å²) in [5, 5.41) is 2.78. The molecule has 13 heteroatoms. The lowest BCUT2D eigenvalue weighted by molar-refractivity contribution is 0.120. The van der Waals surface area contributed by atoms with Gasteiger partial charge in [0.2, 0.25) is 16.0 Å². The van der Waals surface area contributed by atoms with Crippen LogP contribution in [-0.2, 0) is 14.8 Å². The number of rotatable bonds is 10. The summed E-state index contributed by atoms with van der Waals surface area (Å²) in [6.07, 6.45) is 5.54. The number of anilines is 1. The number of imidazole rings is 1. The monoisotopic (exact) mass is 526 g/mol. The average molecular weight is 527 g/mol. The van der Waals surface area contributed by atoms with E-state index in [-0.39, 0.29) is 17.6 Å². The van der Waals surface area contributed by atoms with Crippen LogP contribution in [0, 0.1) is 5.82 Å². The highest BCUT2D eigenvalue weighted by atomic mass is 32.2. The normalized spacial score (nSPS) is 19.6. The lowest BCUT2D eigenvalue weighted by Gasteiger charge is -2.20. The molecule has 0 saturated heterocycles. The molecule has 2 aromatic heterocycles. The Balaban J connectivity index is 1.43. The van der Waals surface area contributed by atoms with Gasteiger partial charge >= 0.3 is 0 Å². The number of hydrogen-bond acceptors (Lipinski definition) is 9. The highest BCUT2D eigenvalue weighted by molar-refractivity contribution is 7.90. The molecule has 0 bridgehead atoms. The van der Waals surface area contributed by atoms with Crippen LogP contribution < -0.4 is 15.8 Å². The number of dihydropyridines is 1. The molecule has 1 fully saturated rings. The van der Waals surface area contributed by atoms with Crippen molar-refractivity contribution in [3.63, 3.8) is 0 Å². The fourth-order valence-electron chi connectivity index (χ4n) is 3.88. The average Bonchev–Trinajstić information content (AvgIpc) is 3.68. The number of methoxy groups -OCH3 is 1. The largest absolute Gasteiger partial charge is 0.374 e. The lowest BCUT2D eigenvalue weighted by atomic mass is 10.0. The van der Waals surface area contributed by atoms with Crippen LogP contribution >= 0.6 is 0 Å². The predicted octanol–water partition coefficient (Wildman–Crippen LogP) is 1.93. The molecule has 1 aliphatic heterocycles. The number of halogens is 1. The van der Waals surface area contributed by atoms with E-state index >= 15 is 0 Å². The molecule has 0 spiro atoms. The number of allylic oxidation sites excluding steroid dienone is 1. The Hall–Kier alpha value is -3.52. The standard InChI is InChI=1S/C24H27FN8O3S/c1-36-19-12-15(13-29-22(19)26)20-21(33-23(32-20)14-2-4-16(25)5-3-14)18-8-9-27-24(31-18)28-10-11-30-37(34,35)17-6-7-17/h2-5,8-9,12-13,17,19,22,30H,6-7,10-11,26H2,1H3,(H,32,33)(H,27,28,31). The Kier molecular flexibility index (Phi) is 7.11. The first-order valence-electron chi connectivity index (χ1n) is 11.8. The molecule has 0 radical (unpaired) electrons. The van der Waals surface area contributed by atoms with Crippen molar-refractivity contribution in [1.29, 1.82) is 0 Å². The van der Waals surface area contributed by atoms with Crippen molar-refractivity contribution >= 4 is 27.8 Å². The van der Waals surface area contributed by atoms with Gasteiger partial charge in [0.15, 0.2) is 0 Å². The summed E-state index contributed by atoms with van der Waals surface area (Å²) in [6, 6.07) is 7.72. The second-order valence-electron chi connectivity index (χ2n) is 8.74. The zero-order valence-corrected chi connectivity index (χ0v) is 20.9. The molecule has 11 nitrogen and oxygen atoms in total. The van der Waals surface area contributed by atoms with Gasteiger partial charge in [-0.15, -0.1) is 0 Å². The van der Waals surface area contributed by atoms with Crippen molar-refractivity contribution in [1.82, 2.24) is 24.7 Å². The number of ether oxygens (including phenoxy) is 1. The number of hydrogen-bond donors (Lipinski definition) is 4. The molecular weight excluding hydrogens is 499 g/mol. The van der Waals surface area contributed by atoms with E-state index in [2.05, 4.69) is 30.0 Å². The number of benzene rings is 1. The van der Waals surface area contributed by atoms with Gasteiger partial charge in [-0.1, -0.05) is 0 Å². The maximum absolute atomic E-state index is 13.5. The lowest BCUT2D eigenvalue weighted by Crippen LogP contribution is -2.35. The van der Waals surface area contributed by atoms with E-state index in [1.165, 1.54) is 12.1 Å². The summed E-state index contributed by atoms with van der Waals surface area (Å²) in [6.45, 7) is 0.537. The number of nitrogens with one attached hydrogen (secondary N) is 3. The van der Waals surface area contributed by atoms with Gasteiger partial charge in [0.25, 0.3) is 0 Å². The van der Waals surface area contributed by atoms with Gasteiger partial charge < -0.3 is 20.8 Å². The van der Waals surface area contributed by atoms with Crippen LogP contribution in [0.1, 0.15) is 18.5 Å². The van der Waals surface area contributed by atoms with Crippen LogP contribution in [0.15, 0.2) is 47.6 Å². The van der Waals surface area contributed by atoms with Crippen LogP contribution in [0.5, 0.6) is 0 Å². The third kappa shape index (κ3) is 5.74. The molecule has 1 saturated carbocycles. The first-order valence-corrected chi connectivity index (χ1v) is 13.3. The molecular formula is C24H27FN8O3S. The van der Waals surface area contributed by atoms with Gasteiger partial charge in [0, 0.05) is 43.7 Å². The number of nitrogens with zero attached hydrogens (tertiary/aromatic N) is 4. The van der Waals surface area contributed by atoms with Crippen molar-refractivity contribution in [2.75, 3.05) is 25.5 Å². The van der Waals surface area contributed by atoms with E-state index in [0.29, 0.717) is 59.4 Å². The SMILES string of the molecule is COC1C=C(c2nc(-c3ccc(F)cc3)[nH]c2-c2ccnc(NCCNS(=O)(=O)C3CC3)n2)C=NC1N. The Bertz CT molecular complexity index is 1430. The van der Waals surface area contributed by atoms with Crippen molar-refractivity contribution in [3.05, 3.63) is 54.1 Å². The maximum atomic E-state index is 13.5. The fraction of sp³-hybridized carbons (Fsp3) is 0.333. The summed E-state index contributed by atoms with van der Waals surface area (Å²) >= 11 is 0. The van der Waals surface area contributed by atoms with Gasteiger partial charge in [-0.3, -0.25) is 4.99 Å². The number of aromatic amines is 1. The van der Waals surface area contributed by atoms with E-state index in [4.69, 9.17) is 15.5 Å². The van der Waals surface area contributed by atoms with Crippen LogP contribution in [0.3, 0.4) is 0 Å². The van der Waals surface area contributed by atoms with Crippen LogP contribution in [0.2, 0.25) is 0 Å². The fourth-order valence-corrected chi connectivity index (χ4v) is 5.26. The maximum Gasteiger partial charge on any atom is 0.223 e. The molecule has 37 heavy (non-hydrogen) atoms. The second kappa shape index (κ2) is 10.5. The van der Waals surface area contributed by atoms with Gasteiger partial charge in [0.1, 0.15) is 23.9 Å². The summed E-state index contributed by atoms with van der Waals surface area (Å²) in [7, 11) is -1.70. The summed E-state index contributed by atoms with van der Waals surface area (Å²) in [4.78, 5) is 21.2. The van der Waals surface area contributed by atoms with Gasteiger partial charge in [-0.2, -0.15) is 0 Å². The molecule has 2 aliphatic rings. The molecule has 5 rings (SSSR count). The first-order chi connectivity index (χ1) is 17.8. The molecule has 1 aromatic carbocycles. The third-order valence-electron chi connectivity index (χ3n) is 6.02. The van der Waals surface area contributed by atoms with Crippen molar-refractivity contribution in [3.8, 4) is 22.8 Å². The van der Waals surface area contributed by atoms with Crippen molar-refractivity contribution in [2.24, 2.45) is 10.7 Å². The molecule has 5 N–H and O–H groups in total. The second-order valence-corrected chi connectivity index (χ2v) is 10.8. The number of sulfonamides is 1. The van der Waals surface area contributed by atoms with Crippen LogP contribution in [-0.4, -0.2) is 72.3 Å². The molecule has 3 heterocycles. The molecule has 2 unspecified atom stereocenters. The molecule has 0 amide bonds. The van der Waals surface area contributed by atoms with E-state index in [9.17, 15) is 12.8 Å². The summed E-state index contributed by atoms with van der Waals surface area (Å²) in [5.74, 6) is 0.501. The summed E-state index contributed by atoms with van der Waals surface area (Å²) < 4.78 is 45.5. The summed E-state index contributed by atoms with van der Waals surface area (Å²) in [5.41, 5.74) is 9.11. The molecule has 2 atom stereocenters. The number of nitrogens with two attached hydrogens (primary N) is 1. The smallest absolute Gasteiger partial charge is 0.223 e. The van der Waals surface area contributed by atoms with E-state index in [0.717, 1.165) is 0 Å². The highest BCUT2D eigenvalue weighted by Crippen LogP contribution is 2.31. The minimum atomic E-state index is -3.25. The third-order valence-corrected chi connectivity index (χ3v) is 7.98. The van der Waals surface area contributed by atoms with E-state index in [1.54, 1.807) is 37.7 Å². The van der Waals surface area contributed by atoms with Crippen molar-refractivity contribution in [2.45, 2.75) is 30.4 Å². The number of aliphatic imine (C=N–C) groups is 1. The van der Waals surface area contributed by atoms with Gasteiger partial charge in [-0.25, -0.2) is 32.5 Å². The molecule has 3 aromatic rings. The topological polar surface area (TPSA) is 160 Å². The van der Waals surface area contributed by atoms with E-state index < -0.39 is 22.3 Å². The van der Waals surface area contributed by atoms with Crippen LogP contribution in [0.25, 0.3) is 28.3 Å². The van der Waals surface area contributed by atoms with Gasteiger partial charge in [-0.05, 0) is 49.2 Å². The Morgan fingerprint density at radius 3 is 2.68 bits per heavy atom. The van der Waals surface area contributed by atoms with Crippen molar-refractivity contribution < 1.29 is 17.5 Å². The predicted molar refractivity (Wildman–Crippen MR) is 139 cm³/mol. The molecule has 194 valence electrons. The van der Waals surface area contributed by atoms with Gasteiger partial charge in [0.05, 0.1) is 22.3 Å². The molecule has 1 aliphatic carbocycles. The Labute approximate surface area is 213 Å². The Morgan fingerprint density at radius 2 is 1.95 bits per heavy atom. The highest BCUT2D eigenvalue weighted by Gasteiger charge is 2.35. The zero-order valence-electron chi connectivity index (χ0n) is 20.1. The minimum Gasteiger partial charge on any atom is -0.374 e. The first kappa shape index (κ1) is 25.1. The zero-order chi connectivity index (χ0) is 26.0. The Morgan fingerprint density at radius 1 is 1.16 bits per heavy atom. The van der Waals surface area contributed by atoms with E-state index in [1.807, 2.05) is 6.08 Å². The minimum absolute atomic E-state index is 0.221. The number of H-pyrrole nitrogens is 1.